The highest BCUT2D eigenvalue weighted by atomic mass is 35.5. The van der Waals surface area contributed by atoms with Crippen molar-refractivity contribution in [3.8, 4) is 0 Å². The molecular formula is C10H16Cl2N2O2. The van der Waals surface area contributed by atoms with Crippen molar-refractivity contribution < 1.29 is 9.53 Å². The van der Waals surface area contributed by atoms with Gasteiger partial charge >= 0.3 is 5.97 Å². The van der Waals surface area contributed by atoms with Crippen LogP contribution in [0.4, 0.5) is 5.69 Å². The van der Waals surface area contributed by atoms with Crippen LogP contribution in [0, 0.1) is 0 Å². The zero-order valence-electron chi connectivity index (χ0n) is 9.17. The number of carbonyl (C=O) groups is 1. The van der Waals surface area contributed by atoms with Crippen LogP contribution in [0.15, 0.2) is 24.3 Å². The molecule has 4 nitrogen and oxygen atoms in total. The van der Waals surface area contributed by atoms with Gasteiger partial charge in [0.2, 0.25) is 0 Å². The Morgan fingerprint density at radius 3 is 2.56 bits per heavy atom. The third kappa shape index (κ3) is 4.26. The highest BCUT2D eigenvalue weighted by molar-refractivity contribution is 5.90. The number of nitrogens with two attached hydrogens (primary N) is 1. The van der Waals surface area contributed by atoms with Gasteiger partial charge in [0.15, 0.2) is 0 Å². The number of benzene rings is 1. The van der Waals surface area contributed by atoms with Crippen molar-refractivity contribution in [3.05, 3.63) is 29.8 Å². The predicted octanol–water partition coefficient (Wildman–Crippen LogP) is 1.67. The van der Waals surface area contributed by atoms with Crippen LogP contribution in [0.25, 0.3) is 0 Å². The van der Waals surface area contributed by atoms with E-state index < -0.39 is 0 Å². The summed E-state index contributed by atoms with van der Waals surface area (Å²) in [5.41, 5.74) is 6.90. The van der Waals surface area contributed by atoms with Crippen molar-refractivity contribution in [1.82, 2.24) is 0 Å². The molecule has 0 radical (unpaired) electrons. The molecule has 0 aliphatic heterocycles. The molecule has 0 saturated carbocycles. The van der Waals surface area contributed by atoms with Crippen LogP contribution in [-0.2, 0) is 4.74 Å². The Kier molecular flexibility index (Phi) is 8.95. The molecular weight excluding hydrogens is 251 g/mol. The lowest BCUT2D eigenvalue weighted by Crippen LogP contribution is -2.25. The number of rotatable bonds is 3. The summed E-state index contributed by atoms with van der Waals surface area (Å²) in [5.74, 6) is -0.336. The molecule has 1 rings (SSSR count). The molecule has 0 saturated heterocycles. The van der Waals surface area contributed by atoms with Crippen molar-refractivity contribution in [3.63, 3.8) is 0 Å². The first kappa shape index (κ1) is 17.4. The second-order valence-corrected chi connectivity index (χ2v) is 2.92. The number of ether oxygens (including phenoxy) is 1. The lowest BCUT2D eigenvalue weighted by molar-refractivity contribution is 0.0601. The van der Waals surface area contributed by atoms with Gasteiger partial charge in [-0.15, -0.1) is 24.8 Å². The Bertz CT molecular complexity index is 334. The fourth-order valence-corrected chi connectivity index (χ4v) is 1.09. The SMILES string of the molecule is COC(=O)c1cccc(N(C)CN)c1.Cl.Cl. The van der Waals surface area contributed by atoms with Gasteiger partial charge in [-0.05, 0) is 18.2 Å². The van der Waals surface area contributed by atoms with E-state index in [4.69, 9.17) is 5.73 Å². The molecule has 0 heterocycles. The summed E-state index contributed by atoms with van der Waals surface area (Å²) >= 11 is 0. The number of methoxy groups -OCH3 is 1. The minimum absolute atomic E-state index is 0. The average Bonchev–Trinajstić information content (AvgIpc) is 2.27. The molecule has 0 aliphatic rings. The summed E-state index contributed by atoms with van der Waals surface area (Å²) in [4.78, 5) is 13.0. The molecule has 2 N–H and O–H groups in total. The largest absolute Gasteiger partial charge is 0.465 e. The summed E-state index contributed by atoms with van der Waals surface area (Å²) in [6.45, 7) is 0.407. The number of anilines is 1. The predicted molar refractivity (Wildman–Crippen MR) is 69.7 cm³/mol. The number of hydrogen-bond donors (Lipinski definition) is 1. The van der Waals surface area contributed by atoms with Crippen LogP contribution < -0.4 is 10.6 Å². The smallest absolute Gasteiger partial charge is 0.337 e. The molecule has 1 aromatic carbocycles. The van der Waals surface area contributed by atoms with Gasteiger partial charge in [0.1, 0.15) is 0 Å². The van der Waals surface area contributed by atoms with Crippen molar-refractivity contribution in [2.24, 2.45) is 5.73 Å². The number of nitrogens with zero attached hydrogens (tertiary/aromatic N) is 1. The second-order valence-electron chi connectivity index (χ2n) is 2.92. The van der Waals surface area contributed by atoms with Gasteiger partial charge in [-0.1, -0.05) is 6.07 Å². The van der Waals surface area contributed by atoms with E-state index in [0.29, 0.717) is 12.2 Å². The van der Waals surface area contributed by atoms with E-state index in [2.05, 4.69) is 4.74 Å². The molecule has 1 aromatic rings. The van der Waals surface area contributed by atoms with Gasteiger partial charge in [0.05, 0.1) is 19.3 Å². The Hall–Kier alpha value is -0.970. The summed E-state index contributed by atoms with van der Waals surface area (Å²) in [5, 5.41) is 0. The fourth-order valence-electron chi connectivity index (χ4n) is 1.09. The molecule has 92 valence electrons. The van der Waals surface area contributed by atoms with Crippen LogP contribution in [0.2, 0.25) is 0 Å². The van der Waals surface area contributed by atoms with Crippen molar-refractivity contribution in [2.45, 2.75) is 0 Å². The van der Waals surface area contributed by atoms with Crippen LogP contribution in [0.1, 0.15) is 10.4 Å². The van der Waals surface area contributed by atoms with E-state index in [9.17, 15) is 4.79 Å². The first-order chi connectivity index (χ1) is 6.69. The molecule has 0 fully saturated rings. The Morgan fingerprint density at radius 1 is 1.44 bits per heavy atom. The number of hydrogen-bond acceptors (Lipinski definition) is 4. The minimum atomic E-state index is -0.336. The lowest BCUT2D eigenvalue weighted by Gasteiger charge is -2.16. The molecule has 0 aliphatic carbocycles. The molecule has 0 spiro atoms. The van der Waals surface area contributed by atoms with Crippen LogP contribution in [0.5, 0.6) is 0 Å². The van der Waals surface area contributed by atoms with E-state index in [1.165, 1.54) is 7.11 Å². The third-order valence-corrected chi connectivity index (χ3v) is 1.98. The maximum Gasteiger partial charge on any atom is 0.337 e. The van der Waals surface area contributed by atoms with Gasteiger partial charge < -0.3 is 15.4 Å². The van der Waals surface area contributed by atoms with Crippen molar-refractivity contribution in [2.75, 3.05) is 25.7 Å². The van der Waals surface area contributed by atoms with E-state index in [1.54, 1.807) is 18.2 Å². The highest BCUT2D eigenvalue weighted by Crippen LogP contribution is 2.14. The van der Waals surface area contributed by atoms with Gasteiger partial charge in [-0.25, -0.2) is 4.79 Å². The Labute approximate surface area is 108 Å². The summed E-state index contributed by atoms with van der Waals surface area (Å²) in [6, 6.07) is 7.14. The van der Waals surface area contributed by atoms with Crippen LogP contribution >= 0.6 is 24.8 Å². The standard InChI is InChI=1S/C10H14N2O2.2ClH/c1-12(7-11)9-5-3-4-8(6-9)10(13)14-2;;/h3-6H,7,11H2,1-2H3;2*1H. The zero-order chi connectivity index (χ0) is 10.6. The van der Waals surface area contributed by atoms with Gasteiger partial charge in [-0.2, -0.15) is 0 Å². The lowest BCUT2D eigenvalue weighted by atomic mass is 10.2. The maximum absolute atomic E-state index is 11.2. The zero-order valence-corrected chi connectivity index (χ0v) is 10.8. The number of carbonyl (C=O) groups excluding carboxylic acids is 1. The van der Waals surface area contributed by atoms with Crippen molar-refractivity contribution >= 4 is 36.5 Å². The molecule has 0 atom stereocenters. The Morgan fingerprint density at radius 2 is 2.06 bits per heavy atom. The van der Waals surface area contributed by atoms with E-state index in [-0.39, 0.29) is 30.8 Å². The average molecular weight is 267 g/mol. The summed E-state index contributed by atoms with van der Waals surface area (Å²) in [6.07, 6.45) is 0. The van der Waals surface area contributed by atoms with Gasteiger partial charge in [-0.3, -0.25) is 0 Å². The monoisotopic (exact) mass is 266 g/mol. The van der Waals surface area contributed by atoms with Crippen LogP contribution in [0.3, 0.4) is 0 Å². The fraction of sp³-hybridized carbons (Fsp3) is 0.300. The Balaban J connectivity index is 0. The van der Waals surface area contributed by atoms with Gasteiger partial charge in [0.25, 0.3) is 0 Å². The molecule has 16 heavy (non-hydrogen) atoms. The number of halogens is 2. The van der Waals surface area contributed by atoms with E-state index >= 15 is 0 Å². The topological polar surface area (TPSA) is 55.6 Å². The van der Waals surface area contributed by atoms with E-state index in [0.717, 1.165) is 5.69 Å². The number of esters is 1. The molecule has 0 unspecified atom stereocenters. The molecule has 0 bridgehead atoms. The minimum Gasteiger partial charge on any atom is -0.465 e. The van der Waals surface area contributed by atoms with Crippen LogP contribution in [-0.4, -0.2) is 26.8 Å². The summed E-state index contributed by atoms with van der Waals surface area (Å²) < 4.78 is 4.62. The first-order valence-electron chi connectivity index (χ1n) is 4.28. The maximum atomic E-state index is 11.2. The van der Waals surface area contributed by atoms with Gasteiger partial charge in [0, 0.05) is 12.7 Å². The third-order valence-electron chi connectivity index (χ3n) is 1.98. The molecule has 0 amide bonds. The van der Waals surface area contributed by atoms with E-state index in [1.807, 2.05) is 18.0 Å². The molecule has 0 aromatic heterocycles. The highest BCUT2D eigenvalue weighted by Gasteiger charge is 2.06. The van der Waals surface area contributed by atoms with Crippen molar-refractivity contribution in [1.29, 1.82) is 0 Å². The summed E-state index contributed by atoms with van der Waals surface area (Å²) in [7, 11) is 3.22. The second kappa shape index (κ2) is 8.21. The first-order valence-corrected chi connectivity index (χ1v) is 4.28. The normalized spacial score (nSPS) is 8.44. The quantitative estimate of drug-likeness (QED) is 0.668. The molecule has 6 heteroatoms.